The zero-order valence-corrected chi connectivity index (χ0v) is 18.3. The molecule has 7 nitrogen and oxygen atoms in total. The molecule has 0 spiro atoms. The second-order valence-corrected chi connectivity index (χ2v) is 7.81. The molecule has 0 atom stereocenters. The number of amides is 1. The number of hydrogen-bond acceptors (Lipinski definition) is 4. The van der Waals surface area contributed by atoms with E-state index in [1.54, 1.807) is 33.9 Å². The van der Waals surface area contributed by atoms with Crippen LogP contribution in [0.1, 0.15) is 27.2 Å². The Morgan fingerprint density at radius 1 is 1.16 bits per heavy atom. The minimum atomic E-state index is -0.397. The predicted molar refractivity (Wildman–Crippen MR) is 119 cm³/mol. The smallest absolute Gasteiger partial charge is 0.276 e. The first-order valence-electron chi connectivity index (χ1n) is 9.88. The average molecular weight is 454 g/mol. The first kappa shape index (κ1) is 21.6. The maximum atomic E-state index is 13.2. The summed E-state index contributed by atoms with van der Waals surface area (Å²) in [5, 5.41) is 11.5. The van der Waals surface area contributed by atoms with Gasteiger partial charge < -0.3 is 10.1 Å². The van der Waals surface area contributed by atoms with E-state index in [0.29, 0.717) is 17.3 Å². The molecule has 0 aliphatic heterocycles. The summed E-state index contributed by atoms with van der Waals surface area (Å²) in [5.41, 5.74) is 3.68. The lowest BCUT2D eigenvalue weighted by Crippen LogP contribution is -2.14. The second kappa shape index (κ2) is 9.23. The molecular weight excluding hydrogens is 433 g/mol. The standard InChI is InChI=1S/C23H21ClFN5O2/c1-15-3-6-22(16(2)9-15)32-14-29-8-7-21(28-29)23(31)27-19-11-26-30(13-19)12-17-4-5-18(25)10-20(17)24/h3-11,13H,12,14H2,1-2H3,(H,27,31). The summed E-state index contributed by atoms with van der Waals surface area (Å²) in [7, 11) is 0. The lowest BCUT2D eigenvalue weighted by molar-refractivity contribution is 0.102. The number of rotatable bonds is 7. The van der Waals surface area contributed by atoms with Crippen LogP contribution >= 0.6 is 11.6 Å². The fraction of sp³-hybridized carbons (Fsp3) is 0.174. The average Bonchev–Trinajstić information content (AvgIpc) is 3.39. The van der Waals surface area contributed by atoms with E-state index in [2.05, 4.69) is 15.5 Å². The summed E-state index contributed by atoms with van der Waals surface area (Å²) < 4.78 is 22.1. The molecule has 0 saturated heterocycles. The number of nitrogens with zero attached hydrogens (tertiary/aromatic N) is 4. The molecule has 0 bridgehead atoms. The number of hydrogen-bond donors (Lipinski definition) is 1. The summed E-state index contributed by atoms with van der Waals surface area (Å²) in [6.45, 7) is 4.54. The summed E-state index contributed by atoms with van der Waals surface area (Å²) in [4.78, 5) is 12.5. The summed E-state index contributed by atoms with van der Waals surface area (Å²) in [5.74, 6) is 0.00593. The Bertz CT molecular complexity index is 1270. The molecule has 0 aliphatic carbocycles. The van der Waals surface area contributed by atoms with Gasteiger partial charge in [-0.1, -0.05) is 35.4 Å². The number of aryl methyl sites for hydroxylation is 2. The summed E-state index contributed by atoms with van der Waals surface area (Å²) in [6.07, 6.45) is 4.87. The molecule has 2 heterocycles. The van der Waals surface area contributed by atoms with Crippen molar-refractivity contribution in [1.82, 2.24) is 19.6 Å². The molecule has 2 aromatic heterocycles. The number of aromatic nitrogens is 4. The van der Waals surface area contributed by atoms with Crippen LogP contribution in [-0.4, -0.2) is 25.5 Å². The third kappa shape index (κ3) is 5.15. The molecular formula is C23H21ClFN5O2. The highest BCUT2D eigenvalue weighted by molar-refractivity contribution is 6.31. The van der Waals surface area contributed by atoms with E-state index in [1.807, 2.05) is 32.0 Å². The third-order valence-corrected chi connectivity index (χ3v) is 5.15. The predicted octanol–water partition coefficient (Wildman–Crippen LogP) is 4.83. The molecule has 1 N–H and O–H groups in total. The molecule has 0 saturated carbocycles. The normalized spacial score (nSPS) is 10.9. The highest BCUT2D eigenvalue weighted by atomic mass is 35.5. The Hall–Kier alpha value is -3.65. The van der Waals surface area contributed by atoms with Crippen molar-refractivity contribution in [3.05, 3.63) is 94.3 Å². The van der Waals surface area contributed by atoms with Crippen molar-refractivity contribution < 1.29 is 13.9 Å². The van der Waals surface area contributed by atoms with E-state index in [1.165, 1.54) is 18.3 Å². The van der Waals surface area contributed by atoms with Gasteiger partial charge in [-0.25, -0.2) is 9.07 Å². The number of benzene rings is 2. The maximum Gasteiger partial charge on any atom is 0.276 e. The summed E-state index contributed by atoms with van der Waals surface area (Å²) >= 11 is 6.06. The van der Waals surface area contributed by atoms with Gasteiger partial charge in [0.1, 0.15) is 11.6 Å². The van der Waals surface area contributed by atoms with Crippen LogP contribution in [0.25, 0.3) is 0 Å². The van der Waals surface area contributed by atoms with Crippen LogP contribution in [0.2, 0.25) is 5.02 Å². The molecule has 0 fully saturated rings. The second-order valence-electron chi connectivity index (χ2n) is 7.40. The minimum absolute atomic E-state index is 0.188. The fourth-order valence-corrected chi connectivity index (χ4v) is 3.41. The van der Waals surface area contributed by atoms with Gasteiger partial charge in [-0.2, -0.15) is 10.2 Å². The number of carbonyl (C=O) groups excluding carboxylic acids is 1. The third-order valence-electron chi connectivity index (χ3n) is 4.79. The molecule has 0 radical (unpaired) electrons. The number of halogens is 2. The Morgan fingerprint density at radius 2 is 2.00 bits per heavy atom. The Kier molecular flexibility index (Phi) is 6.23. The summed E-state index contributed by atoms with van der Waals surface area (Å²) in [6, 6.07) is 11.7. The SMILES string of the molecule is Cc1ccc(OCn2ccc(C(=O)Nc3cnn(Cc4ccc(F)cc4Cl)c3)n2)c(C)c1. The molecule has 2 aromatic carbocycles. The molecule has 0 unspecified atom stereocenters. The van der Waals surface area contributed by atoms with Gasteiger partial charge in [0.25, 0.3) is 5.91 Å². The highest BCUT2D eigenvalue weighted by Crippen LogP contribution is 2.20. The Balaban J connectivity index is 1.35. The van der Waals surface area contributed by atoms with E-state index >= 15 is 0 Å². The van der Waals surface area contributed by atoms with E-state index < -0.39 is 5.82 Å². The van der Waals surface area contributed by atoms with Crippen LogP contribution in [0.5, 0.6) is 5.75 Å². The van der Waals surface area contributed by atoms with E-state index in [4.69, 9.17) is 16.3 Å². The number of carbonyl (C=O) groups is 1. The van der Waals surface area contributed by atoms with Crippen LogP contribution in [0, 0.1) is 19.7 Å². The number of nitrogens with one attached hydrogen (secondary N) is 1. The largest absolute Gasteiger partial charge is 0.471 e. The molecule has 0 aliphatic rings. The first-order chi connectivity index (χ1) is 15.4. The molecule has 4 aromatic rings. The molecule has 9 heteroatoms. The topological polar surface area (TPSA) is 74.0 Å². The quantitative estimate of drug-likeness (QED) is 0.435. The zero-order valence-electron chi connectivity index (χ0n) is 17.5. The monoisotopic (exact) mass is 453 g/mol. The minimum Gasteiger partial charge on any atom is -0.471 e. The van der Waals surface area contributed by atoms with Crippen molar-refractivity contribution >= 4 is 23.2 Å². The molecule has 4 rings (SSSR count). The lowest BCUT2D eigenvalue weighted by atomic mass is 10.1. The van der Waals surface area contributed by atoms with Crippen molar-refractivity contribution in [2.45, 2.75) is 27.1 Å². The fourth-order valence-electron chi connectivity index (χ4n) is 3.19. The van der Waals surface area contributed by atoms with Crippen molar-refractivity contribution in [3.8, 4) is 5.75 Å². The van der Waals surface area contributed by atoms with E-state index in [-0.39, 0.29) is 18.3 Å². The highest BCUT2D eigenvalue weighted by Gasteiger charge is 2.12. The molecule has 32 heavy (non-hydrogen) atoms. The lowest BCUT2D eigenvalue weighted by Gasteiger charge is -2.09. The molecule has 1 amide bonds. The van der Waals surface area contributed by atoms with Gasteiger partial charge in [0, 0.05) is 17.4 Å². The van der Waals surface area contributed by atoms with Gasteiger partial charge in [0.05, 0.1) is 18.4 Å². The van der Waals surface area contributed by atoms with E-state index in [9.17, 15) is 9.18 Å². The van der Waals surface area contributed by atoms with Crippen molar-refractivity contribution in [1.29, 1.82) is 0 Å². The first-order valence-corrected chi connectivity index (χ1v) is 10.3. The van der Waals surface area contributed by atoms with Crippen molar-refractivity contribution in [2.24, 2.45) is 0 Å². The number of ether oxygens (including phenoxy) is 1. The number of anilines is 1. The van der Waals surface area contributed by atoms with Crippen molar-refractivity contribution in [3.63, 3.8) is 0 Å². The van der Waals surface area contributed by atoms with E-state index in [0.717, 1.165) is 22.4 Å². The van der Waals surface area contributed by atoms with Crippen LogP contribution < -0.4 is 10.1 Å². The van der Waals surface area contributed by atoms with Gasteiger partial charge in [-0.3, -0.25) is 9.48 Å². The van der Waals surface area contributed by atoms with Gasteiger partial charge in [0.15, 0.2) is 12.4 Å². The van der Waals surface area contributed by atoms with Gasteiger partial charge in [-0.15, -0.1) is 0 Å². The van der Waals surface area contributed by atoms with Crippen LogP contribution in [0.15, 0.2) is 61.1 Å². The van der Waals surface area contributed by atoms with Gasteiger partial charge >= 0.3 is 0 Å². The molecule has 164 valence electrons. The Morgan fingerprint density at radius 3 is 2.78 bits per heavy atom. The zero-order chi connectivity index (χ0) is 22.7. The Labute approximate surface area is 189 Å². The van der Waals surface area contributed by atoms with Crippen LogP contribution in [-0.2, 0) is 13.3 Å². The van der Waals surface area contributed by atoms with Gasteiger partial charge in [0.2, 0.25) is 0 Å². The van der Waals surface area contributed by atoms with Gasteiger partial charge in [-0.05, 0) is 49.2 Å². The van der Waals surface area contributed by atoms with Crippen LogP contribution in [0.3, 0.4) is 0 Å². The van der Waals surface area contributed by atoms with Crippen molar-refractivity contribution in [2.75, 3.05) is 5.32 Å². The maximum absolute atomic E-state index is 13.2. The van der Waals surface area contributed by atoms with Crippen LogP contribution in [0.4, 0.5) is 10.1 Å².